The summed E-state index contributed by atoms with van der Waals surface area (Å²) in [6, 6.07) is 7.17. The van der Waals surface area contributed by atoms with Crippen LogP contribution in [0.4, 0.5) is 0 Å². The van der Waals surface area contributed by atoms with Crippen LogP contribution in [-0.4, -0.2) is 48.0 Å². The molecule has 1 heterocycles. The molecule has 170 valence electrons. The van der Waals surface area contributed by atoms with Crippen LogP contribution in [0.2, 0.25) is 0 Å². The molecule has 0 aromatic heterocycles. The zero-order valence-electron chi connectivity index (χ0n) is 17.7. The molecular weight excluding hydrogens is 412 g/mol. The molecule has 1 saturated carbocycles. The second-order valence-electron chi connectivity index (χ2n) is 8.29. The first-order valence-electron chi connectivity index (χ1n) is 10.8. The van der Waals surface area contributed by atoms with Crippen molar-refractivity contribution < 1.29 is 24.0 Å². The molecule has 1 aliphatic carbocycles. The second kappa shape index (κ2) is 10.7. The number of Topliss-reactive ketones (excluding diaryl/α,β-unsaturated/α-hetero) is 1. The Labute approximate surface area is 186 Å². The summed E-state index contributed by atoms with van der Waals surface area (Å²) >= 11 is 0. The van der Waals surface area contributed by atoms with Gasteiger partial charge in [0.2, 0.25) is 23.5 Å². The fraction of sp³-hybridized carbons (Fsp3) is 0.435. The summed E-state index contributed by atoms with van der Waals surface area (Å²) in [6.07, 6.45) is 5.83. The Morgan fingerprint density at radius 1 is 1.03 bits per heavy atom. The van der Waals surface area contributed by atoms with E-state index in [1.165, 1.54) is 6.08 Å². The molecule has 32 heavy (non-hydrogen) atoms. The molecule has 5 N–H and O–H groups in total. The van der Waals surface area contributed by atoms with E-state index in [1.807, 2.05) is 30.3 Å². The van der Waals surface area contributed by atoms with Crippen LogP contribution in [0.5, 0.6) is 0 Å². The number of rotatable bonds is 11. The largest absolute Gasteiger partial charge is 0.363 e. The van der Waals surface area contributed by atoms with Gasteiger partial charge in [0.15, 0.2) is 0 Å². The SMILES string of the molecule is NC(=O)C(=O)C(C[C@@H]1CCNC1=O)NC(=O)[C@H](CC1CC1)NC(=O)/C=C/c1ccccc1. The van der Waals surface area contributed by atoms with Gasteiger partial charge in [-0.3, -0.25) is 24.0 Å². The summed E-state index contributed by atoms with van der Waals surface area (Å²) in [5.41, 5.74) is 5.99. The summed E-state index contributed by atoms with van der Waals surface area (Å²) < 4.78 is 0. The zero-order valence-corrected chi connectivity index (χ0v) is 17.7. The van der Waals surface area contributed by atoms with Crippen LogP contribution in [0, 0.1) is 11.8 Å². The number of nitrogens with two attached hydrogens (primary N) is 1. The van der Waals surface area contributed by atoms with Gasteiger partial charge in [0.05, 0.1) is 6.04 Å². The number of benzene rings is 1. The van der Waals surface area contributed by atoms with Crippen LogP contribution in [-0.2, 0) is 24.0 Å². The molecule has 3 rings (SSSR count). The maximum Gasteiger partial charge on any atom is 0.287 e. The van der Waals surface area contributed by atoms with Gasteiger partial charge in [-0.05, 0) is 36.8 Å². The molecule has 9 nitrogen and oxygen atoms in total. The molecule has 0 radical (unpaired) electrons. The molecule has 1 saturated heterocycles. The summed E-state index contributed by atoms with van der Waals surface area (Å²) in [5.74, 6) is -3.56. The molecular formula is C23H28N4O5. The predicted molar refractivity (Wildman–Crippen MR) is 117 cm³/mol. The summed E-state index contributed by atoms with van der Waals surface area (Å²) in [4.78, 5) is 61.0. The molecule has 2 aliphatic rings. The van der Waals surface area contributed by atoms with Crippen LogP contribution >= 0.6 is 0 Å². The number of primary amides is 1. The van der Waals surface area contributed by atoms with Crippen LogP contribution in [0.15, 0.2) is 36.4 Å². The lowest BCUT2D eigenvalue weighted by molar-refractivity contribution is -0.139. The van der Waals surface area contributed by atoms with Gasteiger partial charge in [-0.2, -0.15) is 0 Å². The number of ketones is 1. The van der Waals surface area contributed by atoms with Crippen LogP contribution in [0.1, 0.15) is 37.7 Å². The van der Waals surface area contributed by atoms with E-state index in [0.29, 0.717) is 25.3 Å². The number of amides is 4. The first-order chi connectivity index (χ1) is 15.3. The lowest BCUT2D eigenvalue weighted by Crippen LogP contribution is -2.54. The molecule has 2 fully saturated rings. The van der Waals surface area contributed by atoms with Crippen molar-refractivity contribution in [1.82, 2.24) is 16.0 Å². The van der Waals surface area contributed by atoms with E-state index in [1.54, 1.807) is 6.08 Å². The Morgan fingerprint density at radius 2 is 1.75 bits per heavy atom. The van der Waals surface area contributed by atoms with E-state index in [9.17, 15) is 24.0 Å². The molecule has 3 atom stereocenters. The lowest BCUT2D eigenvalue weighted by Gasteiger charge is -2.23. The van der Waals surface area contributed by atoms with E-state index in [0.717, 1.165) is 18.4 Å². The van der Waals surface area contributed by atoms with Crippen molar-refractivity contribution in [3.05, 3.63) is 42.0 Å². The fourth-order valence-corrected chi connectivity index (χ4v) is 3.70. The van der Waals surface area contributed by atoms with E-state index in [2.05, 4.69) is 16.0 Å². The zero-order chi connectivity index (χ0) is 23.1. The Balaban J connectivity index is 1.66. The van der Waals surface area contributed by atoms with Crippen molar-refractivity contribution >= 4 is 35.5 Å². The number of nitrogens with one attached hydrogen (secondary N) is 3. The highest BCUT2D eigenvalue weighted by atomic mass is 16.2. The molecule has 9 heteroatoms. The van der Waals surface area contributed by atoms with Crippen LogP contribution in [0.25, 0.3) is 6.08 Å². The fourth-order valence-electron chi connectivity index (χ4n) is 3.70. The molecule has 1 aromatic carbocycles. The second-order valence-corrected chi connectivity index (χ2v) is 8.29. The van der Waals surface area contributed by atoms with Gasteiger partial charge in [0.1, 0.15) is 6.04 Å². The molecule has 4 amide bonds. The average molecular weight is 441 g/mol. The van der Waals surface area contributed by atoms with Crippen LogP contribution in [0.3, 0.4) is 0 Å². The standard InChI is InChI=1S/C23H28N4O5/c24-21(30)20(29)17(13-16-10-11-25-22(16)31)27-23(32)18(12-15-6-7-15)26-19(28)9-8-14-4-2-1-3-5-14/h1-5,8-9,15-18H,6-7,10-13H2,(H2,24,30)(H,25,31)(H,26,28)(H,27,32)/b9-8+/t16-,17?,18-/m0/s1. The van der Waals surface area contributed by atoms with E-state index in [4.69, 9.17) is 5.73 Å². The van der Waals surface area contributed by atoms with Gasteiger partial charge < -0.3 is 21.7 Å². The quantitative estimate of drug-likeness (QED) is 0.284. The normalized spacial score (nSPS) is 19.8. The van der Waals surface area contributed by atoms with Gasteiger partial charge >= 0.3 is 0 Å². The van der Waals surface area contributed by atoms with Crippen molar-refractivity contribution in [2.24, 2.45) is 17.6 Å². The number of carbonyl (C=O) groups excluding carboxylic acids is 5. The highest BCUT2D eigenvalue weighted by molar-refractivity contribution is 6.37. The van der Waals surface area contributed by atoms with Gasteiger partial charge in [0.25, 0.3) is 5.91 Å². The molecule has 0 bridgehead atoms. The third kappa shape index (κ3) is 6.76. The van der Waals surface area contributed by atoms with Crippen molar-refractivity contribution in [3.63, 3.8) is 0 Å². The summed E-state index contributed by atoms with van der Waals surface area (Å²) in [7, 11) is 0. The van der Waals surface area contributed by atoms with E-state index >= 15 is 0 Å². The minimum Gasteiger partial charge on any atom is -0.363 e. The van der Waals surface area contributed by atoms with E-state index in [-0.39, 0.29) is 12.3 Å². The van der Waals surface area contributed by atoms with Crippen molar-refractivity contribution in [2.75, 3.05) is 6.54 Å². The van der Waals surface area contributed by atoms with Crippen molar-refractivity contribution in [2.45, 2.75) is 44.2 Å². The molecule has 0 spiro atoms. The molecule has 1 aromatic rings. The third-order valence-electron chi connectivity index (χ3n) is 5.68. The highest BCUT2D eigenvalue weighted by Gasteiger charge is 2.36. The van der Waals surface area contributed by atoms with Crippen molar-refractivity contribution in [1.29, 1.82) is 0 Å². The summed E-state index contributed by atoms with van der Waals surface area (Å²) in [6.45, 7) is 0.475. The maximum absolute atomic E-state index is 13.0. The molecule has 1 aliphatic heterocycles. The number of hydrogen-bond acceptors (Lipinski definition) is 5. The topological polar surface area (TPSA) is 147 Å². The Hall–Kier alpha value is -3.49. The maximum atomic E-state index is 13.0. The smallest absolute Gasteiger partial charge is 0.287 e. The minimum absolute atomic E-state index is 0.0165. The average Bonchev–Trinajstić information content (AvgIpc) is 3.51. The van der Waals surface area contributed by atoms with Gasteiger partial charge in [0, 0.05) is 18.5 Å². The van der Waals surface area contributed by atoms with E-state index < -0.39 is 41.5 Å². The third-order valence-corrected chi connectivity index (χ3v) is 5.68. The van der Waals surface area contributed by atoms with Gasteiger partial charge in [-0.25, -0.2) is 0 Å². The number of carbonyl (C=O) groups is 5. The van der Waals surface area contributed by atoms with Gasteiger partial charge in [-0.15, -0.1) is 0 Å². The Morgan fingerprint density at radius 3 is 2.34 bits per heavy atom. The first-order valence-corrected chi connectivity index (χ1v) is 10.8. The van der Waals surface area contributed by atoms with Crippen LogP contribution < -0.4 is 21.7 Å². The van der Waals surface area contributed by atoms with Crippen molar-refractivity contribution in [3.8, 4) is 0 Å². The van der Waals surface area contributed by atoms with Gasteiger partial charge in [-0.1, -0.05) is 43.2 Å². The highest BCUT2D eigenvalue weighted by Crippen LogP contribution is 2.33. The Kier molecular flexibility index (Phi) is 7.75. The molecule has 1 unspecified atom stereocenters. The number of hydrogen-bond donors (Lipinski definition) is 4. The Bertz CT molecular complexity index is 910. The minimum atomic E-state index is -1.22. The first kappa shape index (κ1) is 23.2. The lowest BCUT2D eigenvalue weighted by atomic mass is 9.95. The summed E-state index contributed by atoms with van der Waals surface area (Å²) in [5, 5.41) is 7.90. The predicted octanol–water partition coefficient (Wildman–Crippen LogP) is 0.0501. The monoisotopic (exact) mass is 440 g/mol.